The zero-order valence-electron chi connectivity index (χ0n) is 13.4. The van der Waals surface area contributed by atoms with E-state index in [1.54, 1.807) is 43.1 Å². The van der Waals surface area contributed by atoms with Crippen LogP contribution >= 0.6 is 11.6 Å². The zero-order chi connectivity index (χ0) is 16.8. The zero-order valence-corrected chi connectivity index (χ0v) is 14.2. The fourth-order valence-corrected chi connectivity index (χ4v) is 2.58. The van der Waals surface area contributed by atoms with Crippen LogP contribution in [0.5, 0.6) is 5.75 Å². The van der Waals surface area contributed by atoms with Crippen molar-refractivity contribution in [2.45, 2.75) is 13.0 Å². The number of rotatable bonds is 5. The van der Waals surface area contributed by atoms with Crippen molar-refractivity contribution in [3.05, 3.63) is 29.3 Å². The Morgan fingerprint density at radius 3 is 2.74 bits per heavy atom. The third-order valence-corrected chi connectivity index (χ3v) is 3.91. The third-order valence-electron chi connectivity index (χ3n) is 3.68. The molecule has 0 bridgehead atoms. The van der Waals surface area contributed by atoms with Crippen molar-refractivity contribution in [1.82, 2.24) is 15.1 Å². The van der Waals surface area contributed by atoms with Gasteiger partial charge in [0.1, 0.15) is 5.75 Å². The number of nitrogens with zero attached hydrogens (tertiary/aromatic N) is 2. The van der Waals surface area contributed by atoms with Crippen LogP contribution in [0.4, 0.5) is 0 Å². The van der Waals surface area contributed by atoms with Gasteiger partial charge in [-0.15, -0.1) is 0 Å². The van der Waals surface area contributed by atoms with E-state index in [0.717, 1.165) is 13.1 Å². The molecular formula is C16H22ClN3O3. The van der Waals surface area contributed by atoms with E-state index >= 15 is 0 Å². The summed E-state index contributed by atoms with van der Waals surface area (Å²) in [6.45, 7) is 4.65. The van der Waals surface area contributed by atoms with Crippen LogP contribution in [0.15, 0.2) is 24.3 Å². The maximum atomic E-state index is 12.3. The summed E-state index contributed by atoms with van der Waals surface area (Å²) in [5, 5.41) is 3.74. The predicted molar refractivity (Wildman–Crippen MR) is 88.6 cm³/mol. The first-order valence-corrected chi connectivity index (χ1v) is 8.01. The van der Waals surface area contributed by atoms with E-state index in [-0.39, 0.29) is 18.4 Å². The van der Waals surface area contributed by atoms with Gasteiger partial charge < -0.3 is 19.9 Å². The Balaban J connectivity index is 1.86. The van der Waals surface area contributed by atoms with Crippen LogP contribution in [0.3, 0.4) is 0 Å². The summed E-state index contributed by atoms with van der Waals surface area (Å²) in [6, 6.07) is 6.88. The summed E-state index contributed by atoms with van der Waals surface area (Å²) >= 11 is 5.89. The molecule has 1 unspecified atom stereocenters. The van der Waals surface area contributed by atoms with Crippen molar-refractivity contribution in [2.24, 2.45) is 0 Å². The Kier molecular flexibility index (Phi) is 6.24. The van der Waals surface area contributed by atoms with Crippen LogP contribution in [-0.4, -0.2) is 67.5 Å². The molecule has 1 aromatic carbocycles. The second kappa shape index (κ2) is 8.17. The largest absolute Gasteiger partial charge is 0.481 e. The Morgan fingerprint density at radius 2 is 2.09 bits per heavy atom. The van der Waals surface area contributed by atoms with Crippen molar-refractivity contribution in [2.75, 3.05) is 39.8 Å². The number of amides is 2. The standard InChI is InChI=1S/C16H22ClN3O3/c1-12(23-14-5-3-4-13(17)10-14)16(22)19(2)11-15(21)20-8-6-18-7-9-20/h3-5,10,12,18H,6-9,11H2,1-2H3. The lowest BCUT2D eigenvalue weighted by Gasteiger charge is -2.30. The average Bonchev–Trinajstić information content (AvgIpc) is 2.54. The number of carbonyl (C=O) groups excluding carboxylic acids is 2. The number of carbonyl (C=O) groups is 2. The quantitative estimate of drug-likeness (QED) is 0.869. The fourth-order valence-electron chi connectivity index (χ4n) is 2.40. The smallest absolute Gasteiger partial charge is 0.263 e. The number of hydrogen-bond donors (Lipinski definition) is 1. The van der Waals surface area contributed by atoms with E-state index in [4.69, 9.17) is 16.3 Å². The molecule has 1 aliphatic rings. The molecule has 1 fully saturated rings. The van der Waals surface area contributed by atoms with Gasteiger partial charge in [0.05, 0.1) is 6.54 Å². The van der Waals surface area contributed by atoms with Crippen LogP contribution in [0, 0.1) is 0 Å². The van der Waals surface area contributed by atoms with E-state index in [0.29, 0.717) is 23.9 Å². The molecule has 1 N–H and O–H groups in total. The van der Waals surface area contributed by atoms with E-state index in [9.17, 15) is 9.59 Å². The van der Waals surface area contributed by atoms with Gasteiger partial charge in [0.2, 0.25) is 5.91 Å². The highest BCUT2D eigenvalue weighted by atomic mass is 35.5. The Morgan fingerprint density at radius 1 is 1.39 bits per heavy atom. The minimum atomic E-state index is -0.686. The van der Waals surface area contributed by atoms with Crippen molar-refractivity contribution < 1.29 is 14.3 Å². The molecule has 1 atom stereocenters. The average molecular weight is 340 g/mol. The highest BCUT2D eigenvalue weighted by Gasteiger charge is 2.24. The van der Waals surface area contributed by atoms with E-state index in [2.05, 4.69) is 5.32 Å². The molecule has 1 saturated heterocycles. The van der Waals surface area contributed by atoms with Gasteiger partial charge in [-0.3, -0.25) is 9.59 Å². The summed E-state index contributed by atoms with van der Waals surface area (Å²) in [6.07, 6.45) is -0.686. The van der Waals surface area contributed by atoms with Gasteiger partial charge in [-0.2, -0.15) is 0 Å². The van der Waals surface area contributed by atoms with Gasteiger partial charge >= 0.3 is 0 Å². The molecular weight excluding hydrogens is 318 g/mol. The number of halogens is 1. The van der Waals surface area contributed by atoms with Gasteiger partial charge in [0.15, 0.2) is 6.10 Å². The van der Waals surface area contributed by atoms with E-state index < -0.39 is 6.10 Å². The summed E-state index contributed by atoms with van der Waals surface area (Å²) in [5.74, 6) is 0.242. The van der Waals surface area contributed by atoms with Crippen LogP contribution in [-0.2, 0) is 9.59 Å². The molecule has 0 saturated carbocycles. The van der Waals surface area contributed by atoms with E-state index in [1.165, 1.54) is 4.90 Å². The Hall–Kier alpha value is -1.79. The third kappa shape index (κ3) is 5.11. The van der Waals surface area contributed by atoms with Gasteiger partial charge in [0.25, 0.3) is 5.91 Å². The molecule has 2 amide bonds. The highest BCUT2D eigenvalue weighted by molar-refractivity contribution is 6.30. The second-order valence-corrected chi connectivity index (χ2v) is 5.98. The van der Waals surface area contributed by atoms with Gasteiger partial charge in [0, 0.05) is 38.2 Å². The number of benzene rings is 1. The lowest BCUT2D eigenvalue weighted by atomic mass is 10.3. The molecule has 7 heteroatoms. The molecule has 126 valence electrons. The van der Waals surface area contributed by atoms with Gasteiger partial charge in [-0.25, -0.2) is 0 Å². The number of hydrogen-bond acceptors (Lipinski definition) is 4. The number of nitrogens with one attached hydrogen (secondary N) is 1. The molecule has 1 heterocycles. The molecule has 6 nitrogen and oxygen atoms in total. The molecule has 0 aliphatic carbocycles. The first-order chi connectivity index (χ1) is 11.0. The molecule has 0 aromatic heterocycles. The van der Waals surface area contributed by atoms with Crippen LogP contribution in [0.25, 0.3) is 0 Å². The lowest BCUT2D eigenvalue weighted by molar-refractivity contribution is -0.143. The van der Waals surface area contributed by atoms with Crippen LogP contribution in [0.2, 0.25) is 5.02 Å². The summed E-state index contributed by atoms with van der Waals surface area (Å²) in [7, 11) is 1.61. The molecule has 1 aliphatic heterocycles. The first-order valence-electron chi connectivity index (χ1n) is 7.63. The minimum Gasteiger partial charge on any atom is -0.481 e. The lowest BCUT2D eigenvalue weighted by Crippen LogP contribution is -2.50. The summed E-state index contributed by atoms with van der Waals surface area (Å²) < 4.78 is 5.59. The maximum Gasteiger partial charge on any atom is 0.263 e. The van der Waals surface area contributed by atoms with Crippen molar-refractivity contribution in [3.63, 3.8) is 0 Å². The Bertz CT molecular complexity index is 561. The van der Waals surface area contributed by atoms with E-state index in [1.807, 2.05) is 0 Å². The van der Waals surface area contributed by atoms with Crippen molar-refractivity contribution >= 4 is 23.4 Å². The van der Waals surface area contributed by atoms with Crippen LogP contribution in [0.1, 0.15) is 6.92 Å². The fraction of sp³-hybridized carbons (Fsp3) is 0.500. The maximum absolute atomic E-state index is 12.3. The summed E-state index contributed by atoms with van der Waals surface area (Å²) in [5.41, 5.74) is 0. The summed E-state index contributed by atoms with van der Waals surface area (Å²) in [4.78, 5) is 27.7. The molecule has 2 rings (SSSR count). The van der Waals surface area contributed by atoms with Crippen LogP contribution < -0.4 is 10.1 Å². The molecule has 23 heavy (non-hydrogen) atoms. The SMILES string of the molecule is CC(Oc1cccc(Cl)c1)C(=O)N(C)CC(=O)N1CCNCC1. The minimum absolute atomic E-state index is 0.0442. The number of likely N-dealkylation sites (N-methyl/N-ethyl adjacent to an activating group) is 1. The number of ether oxygens (including phenoxy) is 1. The van der Waals surface area contributed by atoms with Gasteiger partial charge in [-0.1, -0.05) is 17.7 Å². The monoisotopic (exact) mass is 339 g/mol. The van der Waals surface area contributed by atoms with Gasteiger partial charge in [-0.05, 0) is 25.1 Å². The highest BCUT2D eigenvalue weighted by Crippen LogP contribution is 2.18. The molecule has 0 radical (unpaired) electrons. The normalized spacial score (nSPS) is 15.9. The predicted octanol–water partition coefficient (Wildman–Crippen LogP) is 0.997. The Labute approximate surface area is 141 Å². The number of piperazine rings is 1. The molecule has 0 spiro atoms. The van der Waals surface area contributed by atoms with Crippen molar-refractivity contribution in [1.29, 1.82) is 0 Å². The first kappa shape index (κ1) is 17.6. The second-order valence-electron chi connectivity index (χ2n) is 5.54. The molecule has 1 aromatic rings. The topological polar surface area (TPSA) is 61.9 Å². The van der Waals surface area contributed by atoms with Crippen molar-refractivity contribution in [3.8, 4) is 5.75 Å².